The van der Waals surface area contributed by atoms with Crippen molar-refractivity contribution in [3.63, 3.8) is 0 Å². The maximum Gasteiger partial charge on any atom is 0.274 e. The van der Waals surface area contributed by atoms with Crippen LogP contribution in [0.1, 0.15) is 57.8 Å². The largest absolute Gasteiger partial charge is 0.483 e. The molecule has 1 unspecified atom stereocenters. The Morgan fingerprint density at radius 1 is 1.18 bits per heavy atom. The smallest absolute Gasteiger partial charge is 0.274 e. The molecule has 6 rings (SSSR count). The van der Waals surface area contributed by atoms with Crippen LogP contribution >= 0.6 is 0 Å². The average molecular weight is 629 g/mol. The van der Waals surface area contributed by atoms with Crippen LogP contribution in [0, 0.1) is 17.5 Å². The number of nitrogens with one attached hydrogen (secondary N) is 2. The first kappa shape index (κ1) is 30.8. The first-order valence-corrected chi connectivity index (χ1v) is 14.3. The summed E-state index contributed by atoms with van der Waals surface area (Å²) >= 11 is 0. The molecule has 2 saturated heterocycles. The van der Waals surface area contributed by atoms with Crippen molar-refractivity contribution in [2.24, 2.45) is 0 Å². The van der Waals surface area contributed by atoms with E-state index < -0.39 is 81.6 Å². The number of rotatable bonds is 7. The van der Waals surface area contributed by atoms with Gasteiger partial charge in [0.15, 0.2) is 17.2 Å². The zero-order valence-electron chi connectivity index (χ0n) is 24.4. The molecule has 238 valence electrons. The zero-order valence-corrected chi connectivity index (χ0v) is 24.4. The van der Waals surface area contributed by atoms with E-state index >= 15 is 0 Å². The van der Waals surface area contributed by atoms with Gasteiger partial charge in [0.05, 0.1) is 6.04 Å². The lowest BCUT2D eigenvalue weighted by atomic mass is 9.80. The van der Waals surface area contributed by atoms with Crippen LogP contribution in [-0.2, 0) is 22.7 Å². The van der Waals surface area contributed by atoms with Crippen LogP contribution in [0.2, 0.25) is 0 Å². The van der Waals surface area contributed by atoms with Crippen molar-refractivity contribution >= 4 is 11.8 Å². The van der Waals surface area contributed by atoms with Crippen LogP contribution in [0.25, 0.3) is 0 Å². The summed E-state index contributed by atoms with van der Waals surface area (Å²) in [6.07, 6.45) is 0.647. The van der Waals surface area contributed by atoms with E-state index in [0.29, 0.717) is 30.7 Å². The average Bonchev–Trinajstić information content (AvgIpc) is 3.16. The number of nitrogens with zero attached hydrogens (tertiary/aromatic N) is 2. The highest BCUT2D eigenvalue weighted by Gasteiger charge is 2.63. The zero-order chi connectivity index (χ0) is 32.1. The van der Waals surface area contributed by atoms with Crippen LogP contribution in [0.4, 0.5) is 13.2 Å². The van der Waals surface area contributed by atoms with Crippen molar-refractivity contribution < 1.29 is 42.2 Å². The predicted molar refractivity (Wildman–Crippen MR) is 152 cm³/mol. The molecule has 2 fully saturated rings. The van der Waals surface area contributed by atoms with Crippen LogP contribution in [-0.4, -0.2) is 64.0 Å². The molecule has 3 aliphatic heterocycles. The van der Waals surface area contributed by atoms with Crippen LogP contribution in [0.3, 0.4) is 0 Å². The molecular formula is C31H31F3N4O7. The molecule has 3 N–H and O–H groups in total. The molecule has 2 amide bonds. The van der Waals surface area contributed by atoms with Gasteiger partial charge in [-0.05, 0) is 25.3 Å². The van der Waals surface area contributed by atoms with Gasteiger partial charge in [0.1, 0.15) is 41.3 Å². The van der Waals surface area contributed by atoms with E-state index in [-0.39, 0.29) is 25.3 Å². The number of hydrogen-bond donors (Lipinski definition) is 3. The van der Waals surface area contributed by atoms with Crippen molar-refractivity contribution in [2.75, 3.05) is 20.2 Å². The lowest BCUT2D eigenvalue weighted by Crippen LogP contribution is -2.58. The molecule has 3 aliphatic rings. The number of halogens is 3. The van der Waals surface area contributed by atoms with Gasteiger partial charge >= 0.3 is 0 Å². The van der Waals surface area contributed by atoms with Gasteiger partial charge in [-0.15, -0.1) is 0 Å². The second-order valence-electron chi connectivity index (χ2n) is 11.5. The molecule has 0 radical (unpaired) electrons. The number of aliphatic hydroxyl groups is 1. The first-order valence-electron chi connectivity index (χ1n) is 14.3. The highest BCUT2D eigenvalue weighted by Crippen LogP contribution is 2.47. The molecule has 45 heavy (non-hydrogen) atoms. The monoisotopic (exact) mass is 628 g/mol. The Balaban J connectivity index is 1.46. The highest BCUT2D eigenvalue weighted by molar-refractivity contribution is 5.99. The Morgan fingerprint density at radius 2 is 1.89 bits per heavy atom. The Kier molecular flexibility index (Phi) is 7.93. The molecule has 0 aliphatic carbocycles. The fraction of sp³-hybridized carbons (Fsp3) is 0.387. The molecule has 3 aromatic rings. The summed E-state index contributed by atoms with van der Waals surface area (Å²) in [7, 11) is 1.40. The second-order valence-corrected chi connectivity index (χ2v) is 11.5. The first-order chi connectivity index (χ1) is 21.5. The lowest BCUT2D eigenvalue weighted by molar-refractivity contribution is -0.127. The molecule has 4 heterocycles. The number of methoxy groups -OCH3 is 1. The maximum atomic E-state index is 14.3. The quantitative estimate of drug-likeness (QED) is 0.364. The molecule has 4 atom stereocenters. The van der Waals surface area contributed by atoms with Gasteiger partial charge in [0.2, 0.25) is 5.43 Å². The topological polar surface area (TPSA) is 131 Å². The van der Waals surface area contributed by atoms with Gasteiger partial charge in [0, 0.05) is 50.6 Å². The minimum atomic E-state index is -1.37. The van der Waals surface area contributed by atoms with Crippen LogP contribution < -0.4 is 21.0 Å². The van der Waals surface area contributed by atoms with Crippen molar-refractivity contribution in [1.82, 2.24) is 20.3 Å². The Bertz CT molecular complexity index is 1700. The number of aromatic nitrogens is 1. The van der Waals surface area contributed by atoms with Crippen LogP contribution in [0.5, 0.6) is 5.75 Å². The molecule has 1 spiro atoms. The predicted octanol–water partition coefficient (Wildman–Crippen LogP) is 2.56. The summed E-state index contributed by atoms with van der Waals surface area (Å²) in [4.78, 5) is 48.9. The summed E-state index contributed by atoms with van der Waals surface area (Å²) in [5, 5.41) is 13.9. The molecule has 11 nitrogen and oxygen atoms in total. The number of amides is 2. The van der Waals surface area contributed by atoms with Crippen LogP contribution in [0.15, 0.2) is 53.5 Å². The third kappa shape index (κ3) is 5.17. The minimum Gasteiger partial charge on any atom is -0.483 e. The van der Waals surface area contributed by atoms with E-state index in [1.54, 1.807) is 42.2 Å². The normalized spacial score (nSPS) is 25.6. The van der Waals surface area contributed by atoms with Gasteiger partial charge in [-0.3, -0.25) is 19.2 Å². The number of carbonyl (C=O) groups excluding carboxylic acids is 2. The minimum absolute atomic E-state index is 0.0679. The summed E-state index contributed by atoms with van der Waals surface area (Å²) in [5.74, 6) is -5.49. The molecule has 2 aromatic carbocycles. The van der Waals surface area contributed by atoms with Gasteiger partial charge in [0.25, 0.3) is 11.8 Å². The number of hydrogen-bond acceptors (Lipinski definition) is 8. The number of hydroxylamine groups is 1. The van der Waals surface area contributed by atoms with E-state index in [0.717, 1.165) is 0 Å². The number of ether oxygens (including phenoxy) is 2. The molecule has 2 bridgehead atoms. The number of benzene rings is 2. The molecule has 14 heteroatoms. The SMILES string of the molecule is COC1(C)NO[C@@]2(CCCN3C[C@H]2n2cc(C(=O)NCc4c(F)cc(F)cc4F)c(=O)c(OCc4ccccc4)c2C3=O)[C@H]1O. The number of aliphatic hydroxyl groups excluding tert-OH is 1. The lowest BCUT2D eigenvalue weighted by Gasteiger charge is -2.43. The van der Waals surface area contributed by atoms with E-state index in [9.17, 15) is 32.7 Å². The van der Waals surface area contributed by atoms with Gasteiger partial charge in [-0.2, -0.15) is 5.48 Å². The Morgan fingerprint density at radius 3 is 2.56 bits per heavy atom. The maximum absolute atomic E-state index is 14.3. The fourth-order valence-corrected chi connectivity index (χ4v) is 6.28. The molecular weight excluding hydrogens is 597 g/mol. The van der Waals surface area contributed by atoms with Gasteiger partial charge in [-0.25, -0.2) is 13.2 Å². The Labute approximate surface area is 255 Å². The summed E-state index contributed by atoms with van der Waals surface area (Å²) < 4.78 is 54.9. The van der Waals surface area contributed by atoms with E-state index in [2.05, 4.69) is 10.8 Å². The molecule has 1 aromatic heterocycles. The third-order valence-corrected chi connectivity index (χ3v) is 8.83. The number of pyridine rings is 1. The van der Waals surface area contributed by atoms with Crippen molar-refractivity contribution in [3.8, 4) is 5.75 Å². The van der Waals surface area contributed by atoms with Gasteiger partial charge in [-0.1, -0.05) is 30.3 Å². The standard InChI is InChI=1S/C31H31F3N4O7/c1-30(43-2)29(42)31(45-36-30)9-6-10-37-15-23(31)38-14-20(27(40)35-13-19-21(33)11-18(32)12-22(19)34)25(39)26(24(38)28(37)41)44-16-17-7-4-3-5-8-17/h3-5,7-8,11-12,14,23,29,36,42H,6,9-10,13,15-16H2,1-2H3,(H,35,40)/t23-,29+,30?,31-/m1/s1. The van der Waals surface area contributed by atoms with Gasteiger partial charge < -0.3 is 29.4 Å². The number of fused-ring (bicyclic) bond motifs is 5. The van der Waals surface area contributed by atoms with E-state index in [1.807, 2.05) is 0 Å². The van der Waals surface area contributed by atoms with Crippen molar-refractivity contribution in [3.05, 3.63) is 98.7 Å². The summed E-state index contributed by atoms with van der Waals surface area (Å²) in [5.41, 5.74) is -1.39. The highest BCUT2D eigenvalue weighted by atomic mass is 19.1. The molecule has 0 saturated carbocycles. The van der Waals surface area contributed by atoms with Crippen molar-refractivity contribution in [1.29, 1.82) is 0 Å². The summed E-state index contributed by atoms with van der Waals surface area (Å²) in [6, 6.07) is 8.98. The fourth-order valence-electron chi connectivity index (χ4n) is 6.28. The number of carbonyl (C=O) groups is 2. The van der Waals surface area contributed by atoms with E-state index in [1.165, 1.54) is 17.9 Å². The second kappa shape index (κ2) is 11.6. The van der Waals surface area contributed by atoms with E-state index in [4.69, 9.17) is 14.3 Å². The Hall–Kier alpha value is -4.24. The summed E-state index contributed by atoms with van der Waals surface area (Å²) in [6.45, 7) is 1.16. The third-order valence-electron chi connectivity index (χ3n) is 8.83. The van der Waals surface area contributed by atoms with Crippen molar-refractivity contribution in [2.45, 2.75) is 56.4 Å².